The number of imidazole rings is 1. The molecule has 4 heteroatoms. The quantitative estimate of drug-likeness (QED) is 0.624. The predicted octanol–water partition coefficient (Wildman–Crippen LogP) is 3.79. The third-order valence-electron chi connectivity index (χ3n) is 4.03. The highest BCUT2D eigenvalue weighted by Gasteiger charge is 2.15. The zero-order chi connectivity index (χ0) is 15.1. The van der Waals surface area contributed by atoms with Gasteiger partial charge < -0.3 is 14.7 Å². The molecule has 4 rings (SSSR count). The number of hydrogen-bond donors (Lipinski definition) is 1. The summed E-state index contributed by atoms with van der Waals surface area (Å²) in [6.07, 6.45) is 0. The molecule has 0 spiro atoms. The molecule has 4 nitrogen and oxygen atoms in total. The third kappa shape index (κ3) is 2.09. The van der Waals surface area contributed by atoms with Crippen LogP contribution in [-0.4, -0.2) is 9.55 Å². The molecule has 0 saturated heterocycles. The van der Waals surface area contributed by atoms with Crippen molar-refractivity contribution in [3.63, 3.8) is 0 Å². The largest absolute Gasteiger partial charge is 0.459 e. The smallest absolute Gasteiger partial charge is 0.134 e. The number of furan rings is 1. The molecule has 0 fully saturated rings. The maximum Gasteiger partial charge on any atom is 0.134 e. The van der Waals surface area contributed by atoms with E-state index in [0.717, 1.165) is 33.6 Å². The Balaban J connectivity index is 1.71. The van der Waals surface area contributed by atoms with Crippen LogP contribution in [0.25, 0.3) is 22.0 Å². The van der Waals surface area contributed by atoms with Crippen LogP contribution < -0.4 is 5.73 Å². The number of para-hydroxylation sites is 3. The molecule has 0 bridgehead atoms. The SMILES string of the molecule is Cc1nc2ccccc2n1CC(N)c1cc2ccccc2o1. The van der Waals surface area contributed by atoms with Gasteiger partial charge in [-0.2, -0.15) is 0 Å². The molecule has 110 valence electrons. The van der Waals surface area contributed by atoms with Crippen LogP contribution >= 0.6 is 0 Å². The molecule has 0 amide bonds. The minimum atomic E-state index is -0.205. The van der Waals surface area contributed by atoms with E-state index >= 15 is 0 Å². The van der Waals surface area contributed by atoms with Gasteiger partial charge >= 0.3 is 0 Å². The van der Waals surface area contributed by atoms with E-state index in [0.29, 0.717) is 6.54 Å². The van der Waals surface area contributed by atoms with Crippen LogP contribution in [0.5, 0.6) is 0 Å². The molecule has 2 aromatic carbocycles. The summed E-state index contributed by atoms with van der Waals surface area (Å²) in [5.74, 6) is 1.77. The molecule has 1 atom stereocenters. The van der Waals surface area contributed by atoms with Crippen molar-refractivity contribution in [2.24, 2.45) is 5.73 Å². The molecule has 4 aromatic rings. The summed E-state index contributed by atoms with van der Waals surface area (Å²) in [5.41, 5.74) is 9.34. The Bertz CT molecular complexity index is 918. The number of nitrogens with zero attached hydrogens (tertiary/aromatic N) is 2. The summed E-state index contributed by atoms with van der Waals surface area (Å²) in [4.78, 5) is 4.58. The fraction of sp³-hybridized carbons (Fsp3) is 0.167. The first kappa shape index (κ1) is 13.1. The van der Waals surface area contributed by atoms with E-state index in [9.17, 15) is 0 Å². The Morgan fingerprint density at radius 3 is 2.77 bits per heavy atom. The summed E-state index contributed by atoms with van der Waals surface area (Å²) in [7, 11) is 0. The molecular formula is C18H17N3O. The summed E-state index contributed by atoms with van der Waals surface area (Å²) >= 11 is 0. The number of rotatable bonds is 3. The molecule has 0 radical (unpaired) electrons. The minimum absolute atomic E-state index is 0.205. The molecule has 2 heterocycles. The number of benzene rings is 2. The average molecular weight is 291 g/mol. The van der Waals surface area contributed by atoms with Crippen LogP contribution in [0.2, 0.25) is 0 Å². The van der Waals surface area contributed by atoms with E-state index in [1.165, 1.54) is 0 Å². The average Bonchev–Trinajstić information content (AvgIpc) is 3.09. The number of fused-ring (bicyclic) bond motifs is 2. The molecular weight excluding hydrogens is 274 g/mol. The summed E-state index contributed by atoms with van der Waals surface area (Å²) < 4.78 is 8.02. The normalized spacial score (nSPS) is 13.0. The van der Waals surface area contributed by atoms with Crippen molar-refractivity contribution in [1.29, 1.82) is 0 Å². The molecule has 0 aliphatic carbocycles. The van der Waals surface area contributed by atoms with Crippen LogP contribution in [0.15, 0.2) is 59.0 Å². The van der Waals surface area contributed by atoms with Gasteiger partial charge in [0.25, 0.3) is 0 Å². The second kappa shape index (κ2) is 5.00. The van der Waals surface area contributed by atoms with Crippen molar-refractivity contribution in [3.05, 3.63) is 66.2 Å². The van der Waals surface area contributed by atoms with Gasteiger partial charge in [0.2, 0.25) is 0 Å². The molecule has 2 aromatic heterocycles. The van der Waals surface area contributed by atoms with E-state index in [4.69, 9.17) is 10.2 Å². The Labute approximate surface area is 128 Å². The van der Waals surface area contributed by atoms with Gasteiger partial charge in [0.1, 0.15) is 17.2 Å². The van der Waals surface area contributed by atoms with Gasteiger partial charge in [0.15, 0.2) is 0 Å². The zero-order valence-corrected chi connectivity index (χ0v) is 12.4. The van der Waals surface area contributed by atoms with Crippen molar-refractivity contribution < 1.29 is 4.42 Å². The predicted molar refractivity (Wildman–Crippen MR) is 87.6 cm³/mol. The monoisotopic (exact) mass is 291 g/mol. The Morgan fingerprint density at radius 1 is 1.14 bits per heavy atom. The summed E-state index contributed by atoms with van der Waals surface area (Å²) in [6, 6.07) is 17.9. The highest BCUT2D eigenvalue weighted by Crippen LogP contribution is 2.25. The lowest BCUT2D eigenvalue weighted by Gasteiger charge is -2.12. The van der Waals surface area contributed by atoms with Crippen molar-refractivity contribution in [2.75, 3.05) is 0 Å². The lowest BCUT2D eigenvalue weighted by molar-refractivity contribution is 0.456. The minimum Gasteiger partial charge on any atom is -0.459 e. The zero-order valence-electron chi connectivity index (χ0n) is 12.4. The van der Waals surface area contributed by atoms with Crippen molar-refractivity contribution in [2.45, 2.75) is 19.5 Å². The van der Waals surface area contributed by atoms with Gasteiger partial charge in [-0.1, -0.05) is 30.3 Å². The van der Waals surface area contributed by atoms with Gasteiger partial charge in [0, 0.05) is 11.9 Å². The number of hydrogen-bond acceptors (Lipinski definition) is 3. The van der Waals surface area contributed by atoms with Crippen LogP contribution in [-0.2, 0) is 6.54 Å². The van der Waals surface area contributed by atoms with Crippen LogP contribution in [0.1, 0.15) is 17.6 Å². The molecule has 1 unspecified atom stereocenters. The van der Waals surface area contributed by atoms with Gasteiger partial charge in [-0.25, -0.2) is 4.98 Å². The lowest BCUT2D eigenvalue weighted by atomic mass is 10.2. The summed E-state index contributed by atoms with van der Waals surface area (Å²) in [6.45, 7) is 2.65. The first-order valence-electron chi connectivity index (χ1n) is 7.38. The molecule has 0 aliphatic rings. The third-order valence-corrected chi connectivity index (χ3v) is 4.03. The number of aryl methyl sites for hydroxylation is 1. The van der Waals surface area contributed by atoms with E-state index in [-0.39, 0.29) is 6.04 Å². The van der Waals surface area contributed by atoms with Crippen molar-refractivity contribution >= 4 is 22.0 Å². The first-order chi connectivity index (χ1) is 10.7. The Hall–Kier alpha value is -2.59. The molecule has 0 saturated carbocycles. The number of nitrogens with two attached hydrogens (primary N) is 1. The van der Waals surface area contributed by atoms with E-state index in [2.05, 4.69) is 15.6 Å². The standard InChI is InChI=1S/C18H17N3O/c1-12-20-15-7-3-4-8-16(15)21(12)11-14(19)18-10-13-6-2-5-9-17(13)22-18/h2-10,14H,11,19H2,1H3. The fourth-order valence-corrected chi connectivity index (χ4v) is 2.90. The van der Waals surface area contributed by atoms with E-state index in [1.54, 1.807) is 0 Å². The Kier molecular flexibility index (Phi) is 2.98. The van der Waals surface area contributed by atoms with Crippen LogP contribution in [0.4, 0.5) is 0 Å². The number of aromatic nitrogens is 2. The summed E-state index contributed by atoms with van der Waals surface area (Å²) in [5, 5.41) is 1.08. The molecule has 2 N–H and O–H groups in total. The van der Waals surface area contributed by atoms with Crippen LogP contribution in [0, 0.1) is 6.92 Å². The lowest BCUT2D eigenvalue weighted by Crippen LogP contribution is -2.17. The van der Waals surface area contributed by atoms with Gasteiger partial charge in [0.05, 0.1) is 17.1 Å². The highest BCUT2D eigenvalue weighted by molar-refractivity contribution is 5.78. The highest BCUT2D eigenvalue weighted by atomic mass is 16.3. The van der Waals surface area contributed by atoms with Crippen LogP contribution in [0.3, 0.4) is 0 Å². The van der Waals surface area contributed by atoms with E-state index in [1.807, 2.05) is 55.5 Å². The molecule has 0 aliphatic heterocycles. The fourth-order valence-electron chi connectivity index (χ4n) is 2.90. The molecule has 22 heavy (non-hydrogen) atoms. The van der Waals surface area contributed by atoms with Crippen molar-refractivity contribution in [3.8, 4) is 0 Å². The topological polar surface area (TPSA) is 57.0 Å². The van der Waals surface area contributed by atoms with Gasteiger partial charge in [-0.05, 0) is 31.2 Å². The maximum atomic E-state index is 6.37. The van der Waals surface area contributed by atoms with Gasteiger partial charge in [-0.3, -0.25) is 0 Å². The maximum absolute atomic E-state index is 6.37. The first-order valence-corrected chi connectivity index (χ1v) is 7.38. The second-order valence-corrected chi connectivity index (χ2v) is 5.55. The van der Waals surface area contributed by atoms with E-state index < -0.39 is 0 Å². The van der Waals surface area contributed by atoms with Gasteiger partial charge in [-0.15, -0.1) is 0 Å². The van der Waals surface area contributed by atoms with Crippen molar-refractivity contribution in [1.82, 2.24) is 9.55 Å². The Morgan fingerprint density at radius 2 is 1.91 bits per heavy atom. The second-order valence-electron chi connectivity index (χ2n) is 5.55.